The fourth-order valence-electron chi connectivity index (χ4n) is 2.92. The second-order valence-electron chi connectivity index (χ2n) is 10.6. The summed E-state index contributed by atoms with van der Waals surface area (Å²) in [4.78, 5) is 12.3. The fraction of sp³-hybridized carbons (Fsp3) is 0.522. The molecule has 0 aliphatic carbocycles. The molecule has 2 aromatic rings. The average molecular weight is 399 g/mol. The van der Waals surface area contributed by atoms with Gasteiger partial charge in [-0.15, -0.1) is 0 Å². The number of carbonyl (C=O) groups is 1. The first kappa shape index (κ1) is 22.7. The van der Waals surface area contributed by atoms with Gasteiger partial charge >= 0.3 is 0 Å². The summed E-state index contributed by atoms with van der Waals surface area (Å²) in [5, 5.41) is 21.9. The number of amides is 1. The van der Waals surface area contributed by atoms with Crippen LogP contribution in [0, 0.1) is 0 Å². The Bertz CT molecular complexity index is 885. The van der Waals surface area contributed by atoms with E-state index in [9.17, 15) is 9.90 Å². The lowest BCUT2D eigenvalue weighted by molar-refractivity contribution is 0.0950. The Morgan fingerprint density at radius 1 is 0.966 bits per heavy atom. The Hall–Kier alpha value is -2.63. The van der Waals surface area contributed by atoms with E-state index >= 15 is 0 Å². The molecule has 0 saturated heterocycles. The van der Waals surface area contributed by atoms with Crippen LogP contribution in [-0.4, -0.2) is 27.4 Å². The van der Waals surface area contributed by atoms with Gasteiger partial charge in [0.2, 0.25) is 0 Å². The van der Waals surface area contributed by atoms with Gasteiger partial charge in [-0.1, -0.05) is 62.3 Å². The van der Waals surface area contributed by atoms with E-state index in [1.165, 1.54) is 0 Å². The highest BCUT2D eigenvalue weighted by Crippen LogP contribution is 2.39. The van der Waals surface area contributed by atoms with Crippen molar-refractivity contribution in [1.29, 1.82) is 0 Å². The minimum atomic E-state index is -0.376. The van der Waals surface area contributed by atoms with Crippen LogP contribution in [0.5, 0.6) is 5.75 Å². The van der Waals surface area contributed by atoms with Gasteiger partial charge in [0.25, 0.3) is 5.91 Å². The largest absolute Gasteiger partial charge is 0.507 e. The van der Waals surface area contributed by atoms with E-state index in [4.69, 9.17) is 0 Å². The fourth-order valence-corrected chi connectivity index (χ4v) is 2.92. The Morgan fingerprint density at radius 2 is 1.48 bits per heavy atom. The number of benzene rings is 1. The number of hydrazone groups is 1. The van der Waals surface area contributed by atoms with Gasteiger partial charge in [-0.2, -0.15) is 10.2 Å². The first-order valence-corrected chi connectivity index (χ1v) is 9.88. The van der Waals surface area contributed by atoms with E-state index in [2.05, 4.69) is 62.3 Å². The molecule has 0 radical (unpaired) electrons. The maximum Gasteiger partial charge on any atom is 0.291 e. The van der Waals surface area contributed by atoms with Crippen LogP contribution in [0.1, 0.15) is 95.2 Å². The van der Waals surface area contributed by atoms with Gasteiger partial charge in [-0.05, 0) is 34.6 Å². The third kappa shape index (κ3) is 5.46. The molecule has 1 amide bonds. The van der Waals surface area contributed by atoms with E-state index in [0.29, 0.717) is 11.4 Å². The van der Waals surface area contributed by atoms with Crippen LogP contribution in [0.3, 0.4) is 0 Å². The Balaban J connectivity index is 2.28. The number of hydrogen-bond acceptors (Lipinski definition) is 4. The minimum Gasteiger partial charge on any atom is -0.507 e. The number of nitrogens with one attached hydrogen (secondary N) is 2. The van der Waals surface area contributed by atoms with Crippen LogP contribution in [0.15, 0.2) is 23.3 Å². The summed E-state index contributed by atoms with van der Waals surface area (Å²) < 4.78 is 0. The summed E-state index contributed by atoms with van der Waals surface area (Å²) in [5.74, 6) is -0.0590. The van der Waals surface area contributed by atoms with Crippen molar-refractivity contribution < 1.29 is 9.90 Å². The molecule has 0 aliphatic rings. The maximum absolute atomic E-state index is 12.3. The van der Waals surface area contributed by atoms with Gasteiger partial charge in [-0.3, -0.25) is 9.89 Å². The molecule has 0 spiro atoms. The summed E-state index contributed by atoms with van der Waals surface area (Å²) in [6.45, 7) is 18.5. The SMILES string of the molecule is CC(C)(C)c1cc(C(=O)N/N=C/c2cc(C(C)(C)C)c(O)c(C(C)(C)C)c2)n[nH]1. The van der Waals surface area contributed by atoms with Crippen LogP contribution in [0.2, 0.25) is 0 Å². The van der Waals surface area contributed by atoms with Crippen molar-refractivity contribution in [3.63, 3.8) is 0 Å². The van der Waals surface area contributed by atoms with Crippen LogP contribution >= 0.6 is 0 Å². The van der Waals surface area contributed by atoms with Gasteiger partial charge in [0, 0.05) is 22.2 Å². The van der Waals surface area contributed by atoms with Crippen LogP contribution in [0.25, 0.3) is 0 Å². The van der Waals surface area contributed by atoms with Gasteiger partial charge < -0.3 is 5.11 Å². The summed E-state index contributed by atoms with van der Waals surface area (Å²) in [7, 11) is 0. The number of aromatic nitrogens is 2. The summed E-state index contributed by atoms with van der Waals surface area (Å²) in [5.41, 5.74) is 5.65. The summed E-state index contributed by atoms with van der Waals surface area (Å²) >= 11 is 0. The second-order valence-corrected chi connectivity index (χ2v) is 10.6. The highest BCUT2D eigenvalue weighted by atomic mass is 16.3. The number of nitrogens with zero attached hydrogens (tertiary/aromatic N) is 2. The zero-order chi connectivity index (χ0) is 22.2. The number of aromatic hydroxyl groups is 1. The topological polar surface area (TPSA) is 90.4 Å². The van der Waals surface area contributed by atoms with Crippen LogP contribution in [0.4, 0.5) is 0 Å². The molecule has 0 unspecified atom stereocenters. The third-order valence-electron chi connectivity index (χ3n) is 4.75. The maximum atomic E-state index is 12.3. The molecular formula is C23H34N4O2. The quantitative estimate of drug-likeness (QED) is 0.514. The van der Waals surface area contributed by atoms with E-state index < -0.39 is 0 Å². The molecule has 6 nitrogen and oxygen atoms in total. The zero-order valence-electron chi connectivity index (χ0n) is 19.1. The molecule has 0 fully saturated rings. The molecule has 158 valence electrons. The number of phenolic OH excluding ortho intramolecular Hbond substituents is 1. The van der Waals surface area contributed by atoms with Gasteiger partial charge in [0.15, 0.2) is 5.69 Å². The molecule has 3 N–H and O–H groups in total. The first-order chi connectivity index (χ1) is 13.1. The lowest BCUT2D eigenvalue weighted by Gasteiger charge is -2.27. The summed E-state index contributed by atoms with van der Waals surface area (Å²) in [6, 6.07) is 5.56. The Morgan fingerprint density at radius 3 is 1.90 bits per heavy atom. The monoisotopic (exact) mass is 398 g/mol. The first-order valence-electron chi connectivity index (χ1n) is 9.88. The van der Waals surface area contributed by atoms with Crippen molar-refractivity contribution in [1.82, 2.24) is 15.6 Å². The molecule has 2 rings (SSSR count). The number of rotatable bonds is 3. The predicted molar refractivity (Wildman–Crippen MR) is 118 cm³/mol. The summed E-state index contributed by atoms with van der Waals surface area (Å²) in [6.07, 6.45) is 1.60. The Kier molecular flexibility index (Phi) is 5.98. The number of carbonyl (C=O) groups excluding carboxylic acids is 1. The van der Waals surface area contributed by atoms with Crippen molar-refractivity contribution in [2.75, 3.05) is 0 Å². The number of H-pyrrole nitrogens is 1. The standard InChI is InChI=1S/C23H34N4O2/c1-21(2,3)15-10-14(11-16(19(15)28)22(4,5)6)13-24-27-20(29)17-12-18(26-25-17)23(7,8)9/h10-13,28H,1-9H3,(H,25,26)(H,27,29)/b24-13+. The molecular weight excluding hydrogens is 364 g/mol. The van der Waals surface area contributed by atoms with Crippen molar-refractivity contribution in [3.8, 4) is 5.75 Å². The minimum absolute atomic E-state index is 0.118. The van der Waals surface area contributed by atoms with Gasteiger partial charge in [0.05, 0.1) is 6.21 Å². The molecule has 6 heteroatoms. The molecule has 1 aromatic carbocycles. The molecule has 1 heterocycles. The predicted octanol–water partition coefficient (Wildman–Crippen LogP) is 4.77. The molecule has 0 atom stereocenters. The van der Waals surface area contributed by atoms with E-state index in [0.717, 1.165) is 22.4 Å². The van der Waals surface area contributed by atoms with Crippen molar-refractivity contribution >= 4 is 12.1 Å². The zero-order valence-corrected chi connectivity index (χ0v) is 19.1. The van der Waals surface area contributed by atoms with Gasteiger partial charge in [0.1, 0.15) is 5.75 Å². The number of aromatic amines is 1. The lowest BCUT2D eigenvalue weighted by Crippen LogP contribution is -2.19. The third-order valence-corrected chi connectivity index (χ3v) is 4.75. The average Bonchev–Trinajstić information content (AvgIpc) is 3.04. The molecule has 0 aliphatic heterocycles. The highest BCUT2D eigenvalue weighted by Gasteiger charge is 2.26. The van der Waals surface area contributed by atoms with Crippen LogP contribution in [-0.2, 0) is 16.2 Å². The molecule has 0 saturated carbocycles. The number of phenols is 1. The van der Waals surface area contributed by atoms with E-state index in [1.54, 1.807) is 12.3 Å². The number of hydrogen-bond donors (Lipinski definition) is 3. The second kappa shape index (κ2) is 7.65. The van der Waals surface area contributed by atoms with Crippen molar-refractivity contribution in [2.24, 2.45) is 5.10 Å². The Labute approximate surface area is 173 Å². The highest BCUT2D eigenvalue weighted by molar-refractivity contribution is 5.93. The van der Waals surface area contributed by atoms with Crippen molar-refractivity contribution in [3.05, 3.63) is 46.3 Å². The van der Waals surface area contributed by atoms with E-state index in [1.807, 2.05) is 32.9 Å². The molecule has 1 aromatic heterocycles. The van der Waals surface area contributed by atoms with Crippen molar-refractivity contribution in [2.45, 2.75) is 78.6 Å². The smallest absolute Gasteiger partial charge is 0.291 e. The van der Waals surface area contributed by atoms with Crippen LogP contribution < -0.4 is 5.43 Å². The van der Waals surface area contributed by atoms with Gasteiger partial charge in [-0.25, -0.2) is 5.43 Å². The molecule has 29 heavy (non-hydrogen) atoms. The normalized spacial score (nSPS) is 13.1. The molecule has 0 bridgehead atoms. The van der Waals surface area contributed by atoms with E-state index in [-0.39, 0.29) is 22.2 Å². The lowest BCUT2D eigenvalue weighted by atomic mass is 9.78.